The summed E-state index contributed by atoms with van der Waals surface area (Å²) in [6.07, 6.45) is 0. The maximum Gasteiger partial charge on any atom is 0.0732 e. The number of hydrogen-bond acceptors (Lipinski definition) is 2. The van der Waals surface area contributed by atoms with Crippen molar-refractivity contribution in [1.29, 1.82) is 0 Å². The Morgan fingerprint density at radius 1 is 1.13 bits per heavy atom. The highest BCUT2D eigenvalue weighted by molar-refractivity contribution is 5.18. The molecule has 82 valence electrons. The molecule has 0 saturated carbocycles. The zero-order valence-corrected chi connectivity index (χ0v) is 10.1. The summed E-state index contributed by atoms with van der Waals surface area (Å²) in [5.74, 6) is 0.442. The molecule has 1 atom stereocenters. The molecule has 0 amide bonds. The van der Waals surface area contributed by atoms with Gasteiger partial charge in [0.25, 0.3) is 0 Å². The van der Waals surface area contributed by atoms with E-state index in [0.717, 1.165) is 6.54 Å². The van der Waals surface area contributed by atoms with Crippen LogP contribution in [0.5, 0.6) is 0 Å². The summed E-state index contributed by atoms with van der Waals surface area (Å²) in [5, 5.41) is 8.49. The Labute approximate surface area is 92.4 Å². The Morgan fingerprint density at radius 2 is 1.73 bits per heavy atom. The van der Waals surface area contributed by atoms with E-state index in [2.05, 4.69) is 62.2 Å². The lowest BCUT2D eigenvalue weighted by Crippen LogP contribution is -2.08. The molecule has 0 aliphatic heterocycles. The van der Waals surface area contributed by atoms with Crippen molar-refractivity contribution < 1.29 is 0 Å². The summed E-state index contributed by atoms with van der Waals surface area (Å²) < 4.78 is 0. The number of nitrogens with zero attached hydrogens (tertiary/aromatic N) is 2. The third kappa shape index (κ3) is 4.73. The van der Waals surface area contributed by atoms with Crippen LogP contribution in [0.1, 0.15) is 39.2 Å². The summed E-state index contributed by atoms with van der Waals surface area (Å²) >= 11 is 0. The summed E-state index contributed by atoms with van der Waals surface area (Å²) in [6, 6.07) is 10.4. The van der Waals surface area contributed by atoms with Gasteiger partial charge in [0.2, 0.25) is 0 Å². The van der Waals surface area contributed by atoms with Crippen LogP contribution in [-0.2, 0) is 0 Å². The molecule has 15 heavy (non-hydrogen) atoms. The van der Waals surface area contributed by atoms with Crippen LogP contribution in [0.15, 0.2) is 40.6 Å². The van der Waals surface area contributed by atoms with Gasteiger partial charge in [-0.1, -0.05) is 37.3 Å². The van der Waals surface area contributed by atoms with E-state index in [0.29, 0.717) is 5.92 Å². The molecular weight excluding hydrogens is 184 g/mol. The van der Waals surface area contributed by atoms with Crippen LogP contribution in [-0.4, -0.2) is 12.1 Å². The Hall–Kier alpha value is -1.18. The molecule has 0 saturated heterocycles. The van der Waals surface area contributed by atoms with Gasteiger partial charge in [-0.05, 0) is 26.3 Å². The van der Waals surface area contributed by atoms with Crippen LogP contribution in [0, 0.1) is 0 Å². The molecule has 0 heterocycles. The van der Waals surface area contributed by atoms with Gasteiger partial charge in [0, 0.05) is 5.92 Å². The summed E-state index contributed by atoms with van der Waals surface area (Å²) in [5.41, 5.74) is 1.27. The highest BCUT2D eigenvalue weighted by atomic mass is 15.1. The van der Waals surface area contributed by atoms with Crippen molar-refractivity contribution in [2.24, 2.45) is 10.2 Å². The lowest BCUT2D eigenvalue weighted by molar-refractivity contribution is 0.531. The van der Waals surface area contributed by atoms with Crippen LogP contribution < -0.4 is 0 Å². The maximum absolute atomic E-state index is 4.25. The number of rotatable bonds is 3. The second kappa shape index (κ2) is 5.06. The largest absolute Gasteiger partial charge is 0.193 e. The summed E-state index contributed by atoms with van der Waals surface area (Å²) in [6.45, 7) is 9.12. The lowest BCUT2D eigenvalue weighted by atomic mass is 10.0. The van der Waals surface area contributed by atoms with Crippen LogP contribution >= 0.6 is 0 Å². The Balaban J connectivity index is 2.51. The summed E-state index contributed by atoms with van der Waals surface area (Å²) in [4.78, 5) is 0. The van der Waals surface area contributed by atoms with Crippen molar-refractivity contribution in [1.82, 2.24) is 0 Å². The first-order chi connectivity index (χ1) is 6.99. The molecule has 0 aromatic heterocycles. The van der Waals surface area contributed by atoms with E-state index in [1.807, 2.05) is 6.07 Å². The minimum Gasteiger partial charge on any atom is -0.193 e. The highest BCUT2D eigenvalue weighted by Crippen LogP contribution is 2.16. The molecule has 0 bridgehead atoms. The zero-order valence-electron chi connectivity index (χ0n) is 10.1. The average molecular weight is 204 g/mol. The maximum atomic E-state index is 4.25. The zero-order chi connectivity index (χ0) is 11.3. The minimum absolute atomic E-state index is 0.0591. The molecule has 0 radical (unpaired) electrons. The molecule has 2 heteroatoms. The number of hydrogen-bond donors (Lipinski definition) is 0. The van der Waals surface area contributed by atoms with E-state index in [1.165, 1.54) is 5.56 Å². The van der Waals surface area contributed by atoms with Gasteiger partial charge in [0.05, 0.1) is 12.1 Å². The van der Waals surface area contributed by atoms with Crippen molar-refractivity contribution in [2.75, 3.05) is 6.54 Å². The average Bonchev–Trinajstić information content (AvgIpc) is 2.17. The van der Waals surface area contributed by atoms with Crippen molar-refractivity contribution in [3.8, 4) is 0 Å². The van der Waals surface area contributed by atoms with Crippen LogP contribution in [0.25, 0.3) is 0 Å². The predicted octanol–water partition coefficient (Wildman–Crippen LogP) is 4.04. The summed E-state index contributed by atoms with van der Waals surface area (Å²) in [7, 11) is 0. The Kier molecular flexibility index (Phi) is 4.01. The molecule has 0 fully saturated rings. The third-order valence-electron chi connectivity index (χ3n) is 2.09. The molecule has 0 aliphatic rings. The molecular formula is C13H20N2. The van der Waals surface area contributed by atoms with E-state index in [4.69, 9.17) is 0 Å². The predicted molar refractivity (Wildman–Crippen MR) is 64.3 cm³/mol. The fourth-order valence-corrected chi connectivity index (χ4v) is 1.26. The van der Waals surface area contributed by atoms with E-state index >= 15 is 0 Å². The first kappa shape index (κ1) is 11.9. The standard InChI is InChI=1S/C13H20N2/c1-11(10-14-15-13(2,3)4)12-8-6-5-7-9-12/h5-9,11H,10H2,1-4H3/b15-14+. The number of azo groups is 1. The van der Waals surface area contributed by atoms with E-state index in [1.54, 1.807) is 0 Å². The topological polar surface area (TPSA) is 24.7 Å². The first-order valence-corrected chi connectivity index (χ1v) is 5.42. The molecule has 1 rings (SSSR count). The van der Waals surface area contributed by atoms with E-state index in [-0.39, 0.29) is 5.54 Å². The van der Waals surface area contributed by atoms with E-state index in [9.17, 15) is 0 Å². The second-order valence-electron chi connectivity index (χ2n) is 4.91. The SMILES string of the molecule is CC(C/N=N/C(C)(C)C)c1ccccc1. The monoisotopic (exact) mass is 204 g/mol. The van der Waals surface area contributed by atoms with Gasteiger partial charge < -0.3 is 0 Å². The van der Waals surface area contributed by atoms with Crippen LogP contribution in [0.3, 0.4) is 0 Å². The molecule has 0 N–H and O–H groups in total. The third-order valence-corrected chi connectivity index (χ3v) is 2.09. The number of benzene rings is 1. The van der Waals surface area contributed by atoms with E-state index < -0.39 is 0 Å². The molecule has 1 aromatic carbocycles. The van der Waals surface area contributed by atoms with Crippen molar-refractivity contribution in [2.45, 2.75) is 39.2 Å². The first-order valence-electron chi connectivity index (χ1n) is 5.42. The van der Waals surface area contributed by atoms with Gasteiger partial charge in [0.15, 0.2) is 0 Å². The molecule has 0 aliphatic carbocycles. The van der Waals surface area contributed by atoms with Gasteiger partial charge in [-0.2, -0.15) is 10.2 Å². The Morgan fingerprint density at radius 3 is 2.27 bits per heavy atom. The molecule has 1 aromatic rings. The fraction of sp³-hybridized carbons (Fsp3) is 0.538. The molecule has 2 nitrogen and oxygen atoms in total. The second-order valence-corrected chi connectivity index (χ2v) is 4.91. The van der Waals surface area contributed by atoms with Gasteiger partial charge >= 0.3 is 0 Å². The van der Waals surface area contributed by atoms with Crippen LogP contribution in [0.2, 0.25) is 0 Å². The van der Waals surface area contributed by atoms with Crippen molar-refractivity contribution in [3.63, 3.8) is 0 Å². The Bertz CT molecular complexity index is 309. The van der Waals surface area contributed by atoms with Crippen LogP contribution in [0.4, 0.5) is 0 Å². The van der Waals surface area contributed by atoms with Gasteiger partial charge in [0.1, 0.15) is 0 Å². The van der Waals surface area contributed by atoms with Gasteiger partial charge in [-0.3, -0.25) is 0 Å². The smallest absolute Gasteiger partial charge is 0.0732 e. The van der Waals surface area contributed by atoms with Gasteiger partial charge in [-0.15, -0.1) is 0 Å². The fourth-order valence-electron chi connectivity index (χ4n) is 1.26. The molecule has 0 spiro atoms. The lowest BCUT2D eigenvalue weighted by Gasteiger charge is -2.11. The molecule has 1 unspecified atom stereocenters. The highest BCUT2D eigenvalue weighted by Gasteiger charge is 2.07. The van der Waals surface area contributed by atoms with Crippen molar-refractivity contribution >= 4 is 0 Å². The van der Waals surface area contributed by atoms with Gasteiger partial charge in [-0.25, -0.2) is 0 Å². The minimum atomic E-state index is -0.0591. The normalized spacial score (nSPS) is 14.4. The van der Waals surface area contributed by atoms with Crippen molar-refractivity contribution in [3.05, 3.63) is 35.9 Å². The quantitative estimate of drug-likeness (QED) is 0.664.